The molecule has 0 atom stereocenters. The molecule has 0 spiro atoms. The molecule has 0 saturated carbocycles. The van der Waals surface area contributed by atoms with Gasteiger partial charge in [0.05, 0.1) is 0 Å². The Hall–Kier alpha value is 0.720. The number of rotatable bonds is 1. The lowest BCUT2D eigenvalue weighted by Gasteiger charge is -2.03. The van der Waals surface area contributed by atoms with Crippen LogP contribution in [-0.2, 0) is 5.33 Å². The van der Waals surface area contributed by atoms with Crippen molar-refractivity contribution >= 4 is 50.1 Å². The summed E-state index contributed by atoms with van der Waals surface area (Å²) in [5.41, 5.74) is 2.39. The zero-order chi connectivity index (χ0) is 8.43. The Labute approximate surface area is 93.6 Å². The summed E-state index contributed by atoms with van der Waals surface area (Å²) in [6.07, 6.45) is 0. The van der Waals surface area contributed by atoms with E-state index in [4.69, 9.17) is 11.6 Å². The number of alkyl halides is 1. The van der Waals surface area contributed by atoms with Gasteiger partial charge in [-0.3, -0.25) is 0 Å². The van der Waals surface area contributed by atoms with E-state index in [2.05, 4.69) is 44.6 Å². The van der Waals surface area contributed by atoms with Crippen molar-refractivity contribution in [2.75, 3.05) is 0 Å². The first-order chi connectivity index (χ1) is 5.15. The SMILES string of the molecule is Cc1c(Cl)cc(CBr)cc1I. The summed E-state index contributed by atoms with van der Waals surface area (Å²) >= 11 is 11.7. The molecule has 0 aromatic heterocycles. The molecular weight excluding hydrogens is 338 g/mol. The van der Waals surface area contributed by atoms with Gasteiger partial charge in [0.15, 0.2) is 0 Å². The van der Waals surface area contributed by atoms with Crippen molar-refractivity contribution in [3.63, 3.8) is 0 Å². The highest BCUT2D eigenvalue weighted by atomic mass is 127. The van der Waals surface area contributed by atoms with Crippen LogP contribution in [0, 0.1) is 10.5 Å². The van der Waals surface area contributed by atoms with Crippen molar-refractivity contribution in [3.8, 4) is 0 Å². The van der Waals surface area contributed by atoms with Gasteiger partial charge in [-0.15, -0.1) is 0 Å². The van der Waals surface area contributed by atoms with E-state index < -0.39 is 0 Å². The van der Waals surface area contributed by atoms with Crippen molar-refractivity contribution in [1.82, 2.24) is 0 Å². The molecule has 1 rings (SSSR count). The first kappa shape index (κ1) is 9.81. The molecule has 0 heterocycles. The Morgan fingerprint density at radius 1 is 1.55 bits per heavy atom. The Morgan fingerprint density at radius 3 is 2.64 bits per heavy atom. The highest BCUT2D eigenvalue weighted by Gasteiger charge is 2.01. The first-order valence-electron chi connectivity index (χ1n) is 3.15. The predicted molar refractivity (Wildman–Crippen MR) is 61.5 cm³/mol. The Morgan fingerprint density at radius 2 is 2.18 bits per heavy atom. The number of halogens is 3. The van der Waals surface area contributed by atoms with E-state index >= 15 is 0 Å². The summed E-state index contributed by atoms with van der Waals surface area (Å²) in [7, 11) is 0. The summed E-state index contributed by atoms with van der Waals surface area (Å²) in [6.45, 7) is 2.03. The molecule has 1 aromatic carbocycles. The van der Waals surface area contributed by atoms with E-state index in [1.54, 1.807) is 0 Å². The molecule has 60 valence electrons. The van der Waals surface area contributed by atoms with E-state index in [1.807, 2.05) is 13.0 Å². The molecule has 0 nitrogen and oxygen atoms in total. The third-order valence-electron chi connectivity index (χ3n) is 1.50. The maximum absolute atomic E-state index is 5.97. The molecule has 0 bridgehead atoms. The van der Waals surface area contributed by atoms with Gasteiger partial charge in [0.1, 0.15) is 0 Å². The molecule has 0 aliphatic rings. The maximum Gasteiger partial charge on any atom is 0.0448 e. The summed E-state index contributed by atoms with van der Waals surface area (Å²) < 4.78 is 1.23. The number of benzene rings is 1. The molecule has 3 heteroatoms. The van der Waals surface area contributed by atoms with Crippen LogP contribution < -0.4 is 0 Å². The third-order valence-corrected chi connectivity index (χ3v) is 3.66. The van der Waals surface area contributed by atoms with Crippen LogP contribution >= 0.6 is 50.1 Å². The van der Waals surface area contributed by atoms with Gasteiger partial charge in [-0.2, -0.15) is 0 Å². The Kier molecular flexibility index (Phi) is 3.65. The Balaban J connectivity index is 3.21. The fourth-order valence-electron chi connectivity index (χ4n) is 0.775. The van der Waals surface area contributed by atoms with Crippen LogP contribution in [0.25, 0.3) is 0 Å². The van der Waals surface area contributed by atoms with E-state index in [0.29, 0.717) is 0 Å². The van der Waals surface area contributed by atoms with Crippen LogP contribution in [0.1, 0.15) is 11.1 Å². The molecule has 1 aromatic rings. The smallest absolute Gasteiger partial charge is 0.0448 e. The zero-order valence-corrected chi connectivity index (χ0v) is 10.5. The fraction of sp³-hybridized carbons (Fsp3) is 0.250. The lowest BCUT2D eigenvalue weighted by atomic mass is 10.2. The van der Waals surface area contributed by atoms with E-state index in [1.165, 1.54) is 9.13 Å². The topological polar surface area (TPSA) is 0 Å². The molecule has 0 fully saturated rings. The summed E-state index contributed by atoms with van der Waals surface area (Å²) in [5.74, 6) is 0. The molecule has 0 saturated heterocycles. The maximum atomic E-state index is 5.97. The minimum absolute atomic E-state index is 0.853. The van der Waals surface area contributed by atoms with Gasteiger partial charge in [0, 0.05) is 13.9 Å². The van der Waals surface area contributed by atoms with Gasteiger partial charge in [0.2, 0.25) is 0 Å². The quantitative estimate of drug-likeness (QED) is 0.530. The standard InChI is InChI=1S/C8H7BrClI/c1-5-7(10)2-6(4-9)3-8(5)11/h2-3H,4H2,1H3. The second kappa shape index (κ2) is 4.10. The molecule has 0 aliphatic heterocycles. The minimum atomic E-state index is 0.853. The zero-order valence-electron chi connectivity index (χ0n) is 6.00. The van der Waals surface area contributed by atoms with Crippen LogP contribution in [0.5, 0.6) is 0 Å². The number of hydrogen-bond acceptors (Lipinski definition) is 0. The van der Waals surface area contributed by atoms with Gasteiger partial charge in [-0.25, -0.2) is 0 Å². The van der Waals surface area contributed by atoms with E-state index in [-0.39, 0.29) is 0 Å². The van der Waals surface area contributed by atoms with Crippen LogP contribution in [0.4, 0.5) is 0 Å². The van der Waals surface area contributed by atoms with Gasteiger partial charge in [-0.05, 0) is 52.8 Å². The second-order valence-electron chi connectivity index (χ2n) is 2.32. The predicted octanol–water partition coefficient (Wildman–Crippen LogP) is 4.15. The lowest BCUT2D eigenvalue weighted by molar-refractivity contribution is 1.35. The monoisotopic (exact) mass is 344 g/mol. The summed E-state index contributed by atoms with van der Waals surface area (Å²) in [4.78, 5) is 0. The lowest BCUT2D eigenvalue weighted by Crippen LogP contribution is -1.85. The van der Waals surface area contributed by atoms with Crippen molar-refractivity contribution in [2.45, 2.75) is 12.3 Å². The molecule has 0 radical (unpaired) electrons. The summed E-state index contributed by atoms with van der Waals surface area (Å²) in [6, 6.07) is 4.13. The third kappa shape index (κ3) is 2.33. The summed E-state index contributed by atoms with van der Waals surface area (Å²) in [5, 5.41) is 1.72. The van der Waals surface area contributed by atoms with Gasteiger partial charge < -0.3 is 0 Å². The minimum Gasteiger partial charge on any atom is -0.0876 e. The van der Waals surface area contributed by atoms with E-state index in [9.17, 15) is 0 Å². The number of hydrogen-bond donors (Lipinski definition) is 0. The normalized spacial score (nSPS) is 10.2. The largest absolute Gasteiger partial charge is 0.0876 e. The van der Waals surface area contributed by atoms with Crippen LogP contribution in [-0.4, -0.2) is 0 Å². The first-order valence-corrected chi connectivity index (χ1v) is 5.73. The molecular formula is C8H7BrClI. The Bertz CT molecular complexity index is 250. The van der Waals surface area contributed by atoms with Gasteiger partial charge >= 0.3 is 0 Å². The van der Waals surface area contributed by atoms with E-state index in [0.717, 1.165) is 15.9 Å². The molecule has 0 amide bonds. The fourth-order valence-corrected chi connectivity index (χ4v) is 2.19. The van der Waals surface area contributed by atoms with Crippen LogP contribution in [0.15, 0.2) is 12.1 Å². The van der Waals surface area contributed by atoms with Crippen molar-refractivity contribution in [2.24, 2.45) is 0 Å². The highest BCUT2D eigenvalue weighted by molar-refractivity contribution is 14.1. The second-order valence-corrected chi connectivity index (χ2v) is 4.45. The molecule has 0 aliphatic carbocycles. The van der Waals surface area contributed by atoms with Gasteiger partial charge in [-0.1, -0.05) is 27.5 Å². The average Bonchev–Trinajstić information content (AvgIpc) is 1.99. The average molecular weight is 345 g/mol. The molecule has 11 heavy (non-hydrogen) atoms. The molecule has 0 N–H and O–H groups in total. The van der Waals surface area contributed by atoms with Crippen LogP contribution in [0.3, 0.4) is 0 Å². The van der Waals surface area contributed by atoms with Crippen molar-refractivity contribution < 1.29 is 0 Å². The highest BCUT2D eigenvalue weighted by Crippen LogP contribution is 2.23. The molecule has 0 unspecified atom stereocenters. The van der Waals surface area contributed by atoms with Gasteiger partial charge in [0.25, 0.3) is 0 Å². The van der Waals surface area contributed by atoms with Crippen molar-refractivity contribution in [1.29, 1.82) is 0 Å². The van der Waals surface area contributed by atoms with Crippen molar-refractivity contribution in [3.05, 3.63) is 31.9 Å². The van der Waals surface area contributed by atoms with Crippen LogP contribution in [0.2, 0.25) is 5.02 Å².